The lowest BCUT2D eigenvalue weighted by atomic mass is 10.1. The summed E-state index contributed by atoms with van der Waals surface area (Å²) in [4.78, 5) is 33.5. The van der Waals surface area contributed by atoms with Crippen LogP contribution in [0.15, 0.2) is 48.7 Å². The fraction of sp³-hybridized carbons (Fsp3) is 0.190. The maximum absolute atomic E-state index is 12.6. The largest absolute Gasteiger partial charge is 0.398 e. The summed E-state index contributed by atoms with van der Waals surface area (Å²) < 4.78 is 0.719. The fourth-order valence-corrected chi connectivity index (χ4v) is 4.28. The number of pyridine rings is 1. The number of aromatic nitrogens is 1. The molecule has 0 radical (unpaired) electrons. The van der Waals surface area contributed by atoms with Gasteiger partial charge in [0, 0.05) is 48.3 Å². The Morgan fingerprint density at radius 3 is 2.69 bits per heavy atom. The second-order valence-corrected chi connectivity index (χ2v) is 8.52. The molecule has 4 rings (SSSR count). The summed E-state index contributed by atoms with van der Waals surface area (Å²) in [5.41, 5.74) is 8.32. The number of anilines is 1. The number of nitrogens with zero attached hydrogens (tertiary/aromatic N) is 3. The predicted octanol–water partition coefficient (Wildman–Crippen LogP) is 3.42. The smallest absolute Gasteiger partial charge is 0.312 e. The summed E-state index contributed by atoms with van der Waals surface area (Å²) in [5.74, 6) is -0.960. The number of halogens is 1. The minimum atomic E-state index is -0.482. The highest BCUT2D eigenvalue weighted by molar-refractivity contribution is 7.16. The summed E-state index contributed by atoms with van der Waals surface area (Å²) in [6.07, 6.45) is 5.45. The molecule has 1 aromatic carbocycles. The third-order valence-corrected chi connectivity index (χ3v) is 6.01. The van der Waals surface area contributed by atoms with Gasteiger partial charge < -0.3 is 15.5 Å². The molecule has 148 valence electrons. The van der Waals surface area contributed by atoms with E-state index in [0.29, 0.717) is 31.9 Å². The molecule has 3 heterocycles. The Balaban J connectivity index is 1.39. The second kappa shape index (κ2) is 8.23. The zero-order valence-corrected chi connectivity index (χ0v) is 17.1. The van der Waals surface area contributed by atoms with Crippen LogP contribution in [0.3, 0.4) is 0 Å². The van der Waals surface area contributed by atoms with Crippen molar-refractivity contribution in [1.82, 2.24) is 14.8 Å². The van der Waals surface area contributed by atoms with Gasteiger partial charge in [-0.15, -0.1) is 11.3 Å². The Kier molecular flexibility index (Phi) is 5.51. The molecule has 2 N–H and O–H groups in total. The maximum Gasteiger partial charge on any atom is 0.312 e. The van der Waals surface area contributed by atoms with E-state index in [4.69, 9.17) is 17.3 Å². The van der Waals surface area contributed by atoms with Crippen LogP contribution in [-0.2, 0) is 16.1 Å². The first-order valence-corrected chi connectivity index (χ1v) is 10.3. The quantitative estimate of drug-likeness (QED) is 0.634. The third-order valence-electron chi connectivity index (χ3n) is 4.81. The van der Waals surface area contributed by atoms with E-state index < -0.39 is 11.8 Å². The van der Waals surface area contributed by atoms with Gasteiger partial charge in [-0.2, -0.15) is 0 Å². The monoisotopic (exact) mass is 426 g/mol. The fourth-order valence-electron chi connectivity index (χ4n) is 3.29. The molecule has 1 saturated heterocycles. The zero-order valence-electron chi connectivity index (χ0n) is 15.5. The number of benzene rings is 1. The van der Waals surface area contributed by atoms with Crippen molar-refractivity contribution in [3.8, 4) is 0 Å². The van der Waals surface area contributed by atoms with Crippen LogP contribution in [0.5, 0.6) is 0 Å². The van der Waals surface area contributed by atoms with Gasteiger partial charge in [0.25, 0.3) is 0 Å². The van der Waals surface area contributed by atoms with E-state index in [1.807, 2.05) is 42.5 Å². The molecule has 8 heteroatoms. The molecule has 1 fully saturated rings. The molecule has 0 spiro atoms. The number of nitrogens with two attached hydrogens (primary N) is 1. The Morgan fingerprint density at radius 1 is 1.10 bits per heavy atom. The Bertz CT molecular complexity index is 1110. The Morgan fingerprint density at radius 2 is 1.90 bits per heavy atom. The van der Waals surface area contributed by atoms with Crippen LogP contribution in [0.2, 0.25) is 4.34 Å². The average molecular weight is 427 g/mol. The standard InChI is InChI=1S/C21H19ClN4O2S/c22-19-6-4-15(29-19)2-1-9-25-10-11-26(21(28)20(25)27)13-14-3-5-16-17(23)7-8-24-18(16)12-14/h1-8,12H,9-11,13H2,(H2,23,24). The number of rotatable bonds is 5. The van der Waals surface area contributed by atoms with Crippen molar-refractivity contribution in [2.45, 2.75) is 6.54 Å². The first-order chi connectivity index (χ1) is 14.0. The van der Waals surface area contributed by atoms with E-state index in [2.05, 4.69) is 4.98 Å². The van der Waals surface area contributed by atoms with Crippen LogP contribution in [0.1, 0.15) is 10.4 Å². The van der Waals surface area contributed by atoms with Gasteiger partial charge in [0.2, 0.25) is 0 Å². The van der Waals surface area contributed by atoms with Crippen molar-refractivity contribution < 1.29 is 9.59 Å². The lowest BCUT2D eigenvalue weighted by Crippen LogP contribution is -2.53. The minimum Gasteiger partial charge on any atom is -0.398 e. The average Bonchev–Trinajstić information content (AvgIpc) is 3.12. The van der Waals surface area contributed by atoms with Crippen LogP contribution in [-0.4, -0.2) is 46.2 Å². The van der Waals surface area contributed by atoms with Crippen LogP contribution >= 0.6 is 22.9 Å². The number of carbonyl (C=O) groups excluding carboxylic acids is 2. The molecule has 0 atom stereocenters. The highest BCUT2D eigenvalue weighted by Crippen LogP contribution is 2.23. The van der Waals surface area contributed by atoms with Crippen LogP contribution in [0, 0.1) is 0 Å². The van der Waals surface area contributed by atoms with Gasteiger partial charge in [-0.3, -0.25) is 14.6 Å². The molecular formula is C21H19ClN4O2S. The molecule has 0 unspecified atom stereocenters. The van der Waals surface area contributed by atoms with Crippen molar-refractivity contribution in [3.05, 3.63) is 63.4 Å². The molecule has 0 aliphatic carbocycles. The van der Waals surface area contributed by atoms with Crippen molar-refractivity contribution in [2.24, 2.45) is 0 Å². The molecule has 1 aliphatic heterocycles. The molecule has 0 saturated carbocycles. The van der Waals surface area contributed by atoms with Crippen LogP contribution in [0.25, 0.3) is 17.0 Å². The SMILES string of the molecule is Nc1ccnc2cc(CN3CCN(CC=Cc4ccc(Cl)s4)C(=O)C3=O)ccc12. The molecular weight excluding hydrogens is 408 g/mol. The van der Waals surface area contributed by atoms with E-state index in [1.54, 1.807) is 22.1 Å². The molecule has 29 heavy (non-hydrogen) atoms. The number of hydrogen-bond acceptors (Lipinski definition) is 5. The summed E-state index contributed by atoms with van der Waals surface area (Å²) in [5, 5.41) is 0.877. The summed E-state index contributed by atoms with van der Waals surface area (Å²) in [7, 11) is 0. The van der Waals surface area contributed by atoms with Crippen molar-refractivity contribution >= 4 is 57.4 Å². The number of nitrogen functional groups attached to an aromatic ring is 1. The van der Waals surface area contributed by atoms with Gasteiger partial charge in [-0.1, -0.05) is 29.8 Å². The normalized spacial score (nSPS) is 15.1. The molecule has 3 aromatic rings. The van der Waals surface area contributed by atoms with E-state index >= 15 is 0 Å². The van der Waals surface area contributed by atoms with Gasteiger partial charge in [0.15, 0.2) is 0 Å². The predicted molar refractivity (Wildman–Crippen MR) is 117 cm³/mol. The van der Waals surface area contributed by atoms with E-state index in [1.165, 1.54) is 11.3 Å². The first kappa shape index (κ1) is 19.4. The topological polar surface area (TPSA) is 79.5 Å². The Hall–Kier alpha value is -2.90. The highest BCUT2D eigenvalue weighted by Gasteiger charge is 2.31. The number of thiophene rings is 1. The summed E-state index contributed by atoms with van der Waals surface area (Å²) in [6.45, 7) is 1.76. The number of amides is 2. The lowest BCUT2D eigenvalue weighted by Gasteiger charge is -2.33. The number of fused-ring (bicyclic) bond motifs is 1. The molecule has 2 aromatic heterocycles. The van der Waals surface area contributed by atoms with Gasteiger partial charge in [0.05, 0.1) is 9.85 Å². The first-order valence-electron chi connectivity index (χ1n) is 9.14. The van der Waals surface area contributed by atoms with E-state index in [9.17, 15) is 9.59 Å². The van der Waals surface area contributed by atoms with Gasteiger partial charge in [-0.25, -0.2) is 0 Å². The summed E-state index contributed by atoms with van der Waals surface area (Å²) >= 11 is 7.38. The maximum atomic E-state index is 12.6. The van der Waals surface area contributed by atoms with Crippen LogP contribution < -0.4 is 5.73 Å². The molecule has 2 amide bonds. The number of carbonyl (C=O) groups is 2. The third kappa shape index (κ3) is 4.26. The van der Waals surface area contributed by atoms with Crippen LogP contribution in [0.4, 0.5) is 5.69 Å². The van der Waals surface area contributed by atoms with Crippen molar-refractivity contribution in [3.63, 3.8) is 0 Å². The van der Waals surface area contributed by atoms with E-state index in [0.717, 1.165) is 25.7 Å². The van der Waals surface area contributed by atoms with Gasteiger partial charge >= 0.3 is 11.8 Å². The molecule has 0 bridgehead atoms. The van der Waals surface area contributed by atoms with Crippen molar-refractivity contribution in [1.29, 1.82) is 0 Å². The van der Waals surface area contributed by atoms with Crippen molar-refractivity contribution in [2.75, 3.05) is 25.4 Å². The van der Waals surface area contributed by atoms with Gasteiger partial charge in [-0.05, 0) is 35.9 Å². The Labute approximate surface area is 177 Å². The summed E-state index contributed by atoms with van der Waals surface area (Å²) in [6, 6.07) is 11.2. The minimum absolute atomic E-state index is 0.369. The molecule has 6 nitrogen and oxygen atoms in total. The highest BCUT2D eigenvalue weighted by atomic mass is 35.5. The molecule has 1 aliphatic rings. The van der Waals surface area contributed by atoms with E-state index in [-0.39, 0.29) is 0 Å². The zero-order chi connectivity index (χ0) is 20.4. The lowest BCUT2D eigenvalue weighted by molar-refractivity contribution is -0.156. The van der Waals surface area contributed by atoms with Gasteiger partial charge in [0.1, 0.15) is 0 Å². The number of piperazine rings is 1. The second-order valence-electron chi connectivity index (χ2n) is 6.77. The number of hydrogen-bond donors (Lipinski definition) is 1.